The number of hydrogen-bond acceptors (Lipinski definition) is 14. The molecule has 0 unspecified atom stereocenters. The van der Waals surface area contributed by atoms with Gasteiger partial charge in [-0.1, -0.05) is 38.8 Å². The van der Waals surface area contributed by atoms with Crippen molar-refractivity contribution in [1.82, 2.24) is 0 Å². The molecule has 68 heavy (non-hydrogen) atoms. The van der Waals surface area contributed by atoms with Crippen LogP contribution < -0.4 is 23.7 Å². The Morgan fingerprint density at radius 1 is 0.426 bits per heavy atom. The Hall–Kier alpha value is -7.40. The van der Waals surface area contributed by atoms with Crippen LogP contribution >= 0.6 is 0 Å². The molecule has 0 fully saturated rings. The van der Waals surface area contributed by atoms with E-state index in [1.165, 1.54) is 18.2 Å². The first-order valence-corrected chi connectivity index (χ1v) is 23.1. The lowest BCUT2D eigenvalue weighted by molar-refractivity contribution is -0.138. The molecule has 0 spiro atoms. The third-order valence-corrected chi connectivity index (χ3v) is 10.2. The molecule has 0 saturated carbocycles. The Kier molecular flexibility index (Phi) is 24.7. The quantitative estimate of drug-likeness (QED) is 0.0145. The Bertz CT molecular complexity index is 2250. The highest BCUT2D eigenvalue weighted by Crippen LogP contribution is 2.28. The monoisotopic (exact) mass is 931 g/mol. The summed E-state index contributed by atoms with van der Waals surface area (Å²) in [6.45, 7) is 9.11. The van der Waals surface area contributed by atoms with Gasteiger partial charge in [0.25, 0.3) is 0 Å². The highest BCUT2D eigenvalue weighted by molar-refractivity contribution is 5.97. The number of rotatable bonds is 33. The van der Waals surface area contributed by atoms with Crippen molar-refractivity contribution in [2.75, 3.05) is 39.6 Å². The maximum absolute atomic E-state index is 13.5. The first-order chi connectivity index (χ1) is 33.2. The molecule has 0 amide bonds. The Labute approximate surface area is 398 Å². The van der Waals surface area contributed by atoms with Crippen molar-refractivity contribution in [1.29, 1.82) is 5.26 Å². The largest absolute Gasteiger partial charge is 0.494 e. The number of carbonyl (C=O) groups excluding carboxylic acids is 5. The number of hydrogen-bond donors (Lipinski definition) is 0. The van der Waals surface area contributed by atoms with E-state index < -0.39 is 29.8 Å². The zero-order chi connectivity index (χ0) is 48.6. The van der Waals surface area contributed by atoms with E-state index in [-0.39, 0.29) is 34.8 Å². The minimum Gasteiger partial charge on any atom is -0.494 e. The predicted octanol–water partition coefficient (Wildman–Crippen LogP) is 10.9. The van der Waals surface area contributed by atoms with E-state index in [2.05, 4.69) is 19.2 Å². The summed E-state index contributed by atoms with van der Waals surface area (Å²) < 4.78 is 44.3. The topological polar surface area (TPSA) is 183 Å². The average Bonchev–Trinajstić information content (AvgIpc) is 3.36. The van der Waals surface area contributed by atoms with Crippen molar-refractivity contribution in [3.05, 3.63) is 139 Å². The second kappa shape index (κ2) is 31.5. The number of ether oxygens (including phenoxy) is 8. The Morgan fingerprint density at radius 3 is 1.22 bits per heavy atom. The average molecular weight is 932 g/mol. The van der Waals surface area contributed by atoms with Gasteiger partial charge in [0, 0.05) is 12.2 Å². The highest BCUT2D eigenvalue weighted by Gasteiger charge is 2.21. The van der Waals surface area contributed by atoms with E-state index in [0.717, 1.165) is 101 Å². The summed E-state index contributed by atoms with van der Waals surface area (Å²) in [6.07, 6.45) is 14.2. The van der Waals surface area contributed by atoms with Crippen LogP contribution in [-0.2, 0) is 23.8 Å². The number of nitrogens with zero attached hydrogens (tertiary/aromatic N) is 1. The molecule has 14 nitrogen and oxygen atoms in total. The van der Waals surface area contributed by atoms with Gasteiger partial charge in [0.05, 0.1) is 62.4 Å². The van der Waals surface area contributed by atoms with Crippen molar-refractivity contribution in [3.63, 3.8) is 0 Å². The molecular formula is C54H61NO13. The number of nitriles is 1. The van der Waals surface area contributed by atoms with Gasteiger partial charge >= 0.3 is 29.8 Å². The van der Waals surface area contributed by atoms with Gasteiger partial charge in [0.15, 0.2) is 0 Å². The van der Waals surface area contributed by atoms with Crippen LogP contribution in [-0.4, -0.2) is 69.5 Å². The summed E-state index contributed by atoms with van der Waals surface area (Å²) in [4.78, 5) is 62.3. The van der Waals surface area contributed by atoms with Crippen molar-refractivity contribution in [2.24, 2.45) is 0 Å². The molecule has 0 saturated heterocycles. The fourth-order valence-electron chi connectivity index (χ4n) is 6.45. The van der Waals surface area contributed by atoms with Crippen molar-refractivity contribution in [3.8, 4) is 34.8 Å². The molecule has 360 valence electrons. The maximum atomic E-state index is 13.5. The molecule has 0 aliphatic rings. The SMILES string of the molecule is C=CC(=O)OCCCCCCOc1ccc(C(=O)Oc2ccc(OC(=O)c3ccc(OCCCCCCOC(=O)C=C)cc3)c(C(=O)OCCCCCCCCOc3ccc(C#N)cc3)c2)cc1. The smallest absolute Gasteiger partial charge is 0.343 e. The molecule has 4 aromatic carbocycles. The van der Waals surface area contributed by atoms with E-state index >= 15 is 0 Å². The van der Waals surface area contributed by atoms with Gasteiger partial charge in [0.1, 0.15) is 34.3 Å². The van der Waals surface area contributed by atoms with Crippen molar-refractivity contribution in [2.45, 2.75) is 89.9 Å². The highest BCUT2D eigenvalue weighted by atomic mass is 16.6. The molecule has 0 aromatic heterocycles. The van der Waals surface area contributed by atoms with Crippen molar-refractivity contribution >= 4 is 29.8 Å². The molecule has 4 rings (SSSR count). The predicted molar refractivity (Wildman–Crippen MR) is 254 cm³/mol. The molecule has 4 aromatic rings. The van der Waals surface area contributed by atoms with Crippen molar-refractivity contribution < 1.29 is 61.9 Å². The fraction of sp³-hybridized carbons (Fsp3) is 0.370. The maximum Gasteiger partial charge on any atom is 0.343 e. The van der Waals surface area contributed by atoms with Gasteiger partial charge in [-0.05, 0) is 155 Å². The van der Waals surface area contributed by atoms with Gasteiger partial charge in [-0.25, -0.2) is 24.0 Å². The summed E-state index contributed by atoms with van der Waals surface area (Å²) >= 11 is 0. The van der Waals surface area contributed by atoms with Gasteiger partial charge in [-0.3, -0.25) is 0 Å². The summed E-state index contributed by atoms with van der Waals surface area (Å²) in [6, 6.07) is 26.2. The number of carbonyl (C=O) groups is 5. The Balaban J connectivity index is 1.27. The lowest BCUT2D eigenvalue weighted by Gasteiger charge is -2.13. The summed E-state index contributed by atoms with van der Waals surface area (Å²) in [5, 5.41) is 8.95. The zero-order valence-corrected chi connectivity index (χ0v) is 38.6. The van der Waals surface area contributed by atoms with Crippen LogP contribution in [0.3, 0.4) is 0 Å². The van der Waals surface area contributed by atoms with Gasteiger partial charge in [-0.15, -0.1) is 0 Å². The number of unbranched alkanes of at least 4 members (excludes halogenated alkanes) is 11. The minimum absolute atomic E-state index is 0.0436. The normalized spacial score (nSPS) is 10.5. The molecule has 0 aliphatic heterocycles. The van der Waals surface area contributed by atoms with Crippen LogP contribution in [0.1, 0.15) is 127 Å². The van der Waals surface area contributed by atoms with Gasteiger partial charge in [-0.2, -0.15) is 5.26 Å². The zero-order valence-electron chi connectivity index (χ0n) is 38.6. The first kappa shape index (κ1) is 53.2. The molecule has 0 bridgehead atoms. The molecule has 0 radical (unpaired) electrons. The Morgan fingerprint density at radius 2 is 0.794 bits per heavy atom. The van der Waals surface area contributed by atoms with Crippen LogP contribution in [0.4, 0.5) is 0 Å². The molecule has 0 aliphatic carbocycles. The van der Waals surface area contributed by atoms with Gasteiger partial charge < -0.3 is 37.9 Å². The van der Waals surface area contributed by atoms with E-state index in [9.17, 15) is 24.0 Å². The molecule has 14 heteroatoms. The standard InChI is InChI=1S/C54H61NO13/c1-3-50(56)64-36-16-11-9-14-34-62-45-27-21-42(22-28-45)52(58)67-47-31-32-49(68-53(59)43-23-29-46(30-24-43)63-35-15-10-12-17-37-65-51(57)4-2)48(39-47)54(60)66-38-18-8-6-5-7-13-33-61-44-25-19-41(40-55)20-26-44/h3-4,19-32,39H,1-2,5-18,33-38H2. The second-order valence-electron chi connectivity index (χ2n) is 15.5. The summed E-state index contributed by atoms with van der Waals surface area (Å²) in [7, 11) is 0. The minimum atomic E-state index is -0.746. The fourth-order valence-corrected chi connectivity index (χ4v) is 6.45. The number of esters is 5. The van der Waals surface area contributed by atoms with E-state index in [4.69, 9.17) is 43.2 Å². The first-order valence-electron chi connectivity index (χ1n) is 23.1. The van der Waals surface area contributed by atoms with Crippen LogP contribution in [0.15, 0.2) is 116 Å². The molecular weight excluding hydrogens is 871 g/mol. The van der Waals surface area contributed by atoms with E-state index in [1.54, 1.807) is 72.8 Å². The van der Waals surface area contributed by atoms with E-state index in [0.29, 0.717) is 56.5 Å². The van der Waals surface area contributed by atoms with Crippen LogP contribution in [0.2, 0.25) is 0 Å². The molecule has 0 atom stereocenters. The molecule has 0 heterocycles. The van der Waals surface area contributed by atoms with Crippen LogP contribution in [0.5, 0.6) is 28.7 Å². The second-order valence-corrected chi connectivity index (χ2v) is 15.5. The van der Waals surface area contributed by atoms with Crippen LogP contribution in [0, 0.1) is 11.3 Å². The number of benzene rings is 4. The lowest BCUT2D eigenvalue weighted by atomic mass is 10.1. The lowest BCUT2D eigenvalue weighted by Crippen LogP contribution is -2.14. The summed E-state index contributed by atoms with van der Waals surface area (Å²) in [5.74, 6) is -1.14. The summed E-state index contributed by atoms with van der Waals surface area (Å²) in [5.41, 5.74) is 0.966. The third-order valence-electron chi connectivity index (χ3n) is 10.2. The van der Waals surface area contributed by atoms with Gasteiger partial charge in [0.2, 0.25) is 0 Å². The molecule has 0 N–H and O–H groups in total. The van der Waals surface area contributed by atoms with Crippen LogP contribution in [0.25, 0.3) is 0 Å². The third kappa shape index (κ3) is 20.8. The van der Waals surface area contributed by atoms with E-state index in [1.807, 2.05) is 0 Å².